The average Bonchev–Trinajstić information content (AvgIpc) is 3.37. The molecule has 7 nitrogen and oxygen atoms in total. The number of pyridine rings is 1. The van der Waals surface area contributed by atoms with Gasteiger partial charge in [0, 0.05) is 24.3 Å². The van der Waals surface area contributed by atoms with Gasteiger partial charge in [-0.1, -0.05) is 41.4 Å². The van der Waals surface area contributed by atoms with Gasteiger partial charge >= 0.3 is 0 Å². The fourth-order valence-corrected chi connectivity index (χ4v) is 5.52. The van der Waals surface area contributed by atoms with E-state index in [2.05, 4.69) is 18.4 Å². The highest BCUT2D eigenvalue weighted by atomic mass is 35.5. The molecule has 4 aromatic rings. The van der Waals surface area contributed by atoms with E-state index in [1.165, 1.54) is 10.6 Å². The number of carbonyl (C=O) groups is 1. The van der Waals surface area contributed by atoms with Crippen LogP contribution in [0.3, 0.4) is 0 Å². The van der Waals surface area contributed by atoms with Crippen LogP contribution in [-0.2, 0) is 7.05 Å². The Morgan fingerprint density at radius 1 is 1.05 bits per heavy atom. The highest BCUT2D eigenvalue weighted by Gasteiger charge is 2.45. The van der Waals surface area contributed by atoms with E-state index in [1.807, 2.05) is 49.4 Å². The van der Waals surface area contributed by atoms with E-state index in [1.54, 1.807) is 25.3 Å². The molecule has 0 N–H and O–H groups in total. The van der Waals surface area contributed by atoms with Crippen LogP contribution in [0.25, 0.3) is 11.4 Å². The Morgan fingerprint density at radius 3 is 2.43 bits per heavy atom. The number of fused-ring (bicyclic) bond motifs is 1. The lowest BCUT2D eigenvalue weighted by Gasteiger charge is -2.29. The third-order valence-corrected chi connectivity index (χ3v) is 7.19. The Kier molecular flexibility index (Phi) is 6.38. The second-order valence-corrected chi connectivity index (χ2v) is 10.2. The number of hydrogen-bond donors (Lipinski definition) is 0. The highest BCUT2D eigenvalue weighted by molar-refractivity contribution is 6.31. The van der Waals surface area contributed by atoms with E-state index >= 15 is 0 Å². The SMILES string of the molecule is COc1ccccc1-c1nc2c(n1C(C)C)C(c1ccc(Cl)cc1C)N(c1cc(Cl)c(=O)n(C)c1)C2=O. The number of aromatic nitrogens is 3. The van der Waals surface area contributed by atoms with E-state index in [-0.39, 0.29) is 22.5 Å². The minimum Gasteiger partial charge on any atom is -0.496 e. The third kappa shape index (κ3) is 4.03. The maximum atomic E-state index is 14.1. The van der Waals surface area contributed by atoms with Crippen LogP contribution in [0.4, 0.5) is 5.69 Å². The first-order chi connectivity index (χ1) is 17.6. The molecular weight excluding hydrogens is 511 g/mol. The van der Waals surface area contributed by atoms with Gasteiger partial charge in [-0.15, -0.1) is 0 Å². The molecule has 2 aromatic heterocycles. The molecule has 0 spiro atoms. The lowest BCUT2D eigenvalue weighted by molar-refractivity contribution is 0.0989. The number of imidazole rings is 1. The van der Waals surface area contributed by atoms with Crippen molar-refractivity contribution in [1.82, 2.24) is 14.1 Å². The van der Waals surface area contributed by atoms with Crippen molar-refractivity contribution in [3.05, 3.63) is 97.6 Å². The monoisotopic (exact) mass is 536 g/mol. The molecule has 37 heavy (non-hydrogen) atoms. The van der Waals surface area contributed by atoms with Gasteiger partial charge in [0.1, 0.15) is 22.6 Å². The van der Waals surface area contributed by atoms with E-state index < -0.39 is 6.04 Å². The van der Waals surface area contributed by atoms with Crippen molar-refractivity contribution in [3.8, 4) is 17.1 Å². The Bertz CT molecular complexity index is 1580. The molecule has 1 atom stereocenters. The first-order valence-electron chi connectivity index (χ1n) is 11.8. The summed E-state index contributed by atoms with van der Waals surface area (Å²) in [4.78, 5) is 33.0. The lowest BCUT2D eigenvalue weighted by Crippen LogP contribution is -2.32. The molecule has 1 amide bonds. The molecule has 0 fully saturated rings. The first-order valence-corrected chi connectivity index (χ1v) is 12.6. The molecule has 2 aromatic carbocycles. The summed E-state index contributed by atoms with van der Waals surface area (Å²) in [6, 6.07) is 14.2. The zero-order chi connectivity index (χ0) is 26.6. The Labute approximate surface area is 224 Å². The van der Waals surface area contributed by atoms with Crippen LogP contribution in [0.5, 0.6) is 5.75 Å². The van der Waals surface area contributed by atoms with Gasteiger partial charge in [0.2, 0.25) is 0 Å². The summed E-state index contributed by atoms with van der Waals surface area (Å²) >= 11 is 12.6. The smallest absolute Gasteiger partial charge is 0.279 e. The Hall–Kier alpha value is -3.55. The Balaban J connectivity index is 1.83. The molecule has 5 rings (SSSR count). The average molecular weight is 537 g/mol. The number of rotatable bonds is 5. The molecule has 0 saturated carbocycles. The second kappa shape index (κ2) is 9.39. The van der Waals surface area contributed by atoms with Gasteiger partial charge in [-0.25, -0.2) is 4.98 Å². The van der Waals surface area contributed by atoms with Crippen LogP contribution in [0.15, 0.2) is 59.5 Å². The zero-order valence-corrected chi connectivity index (χ0v) is 22.6. The minimum atomic E-state index is -0.522. The zero-order valence-electron chi connectivity index (χ0n) is 21.1. The normalized spacial score (nSPS) is 15.0. The van der Waals surface area contributed by atoms with Crippen molar-refractivity contribution in [2.45, 2.75) is 32.9 Å². The van der Waals surface area contributed by atoms with Crippen LogP contribution in [0.1, 0.15) is 53.2 Å². The summed E-state index contributed by atoms with van der Waals surface area (Å²) in [5, 5.41) is 0.639. The summed E-state index contributed by atoms with van der Waals surface area (Å²) in [7, 11) is 3.23. The van der Waals surface area contributed by atoms with Crippen molar-refractivity contribution in [2.75, 3.05) is 12.0 Å². The van der Waals surface area contributed by atoms with Gasteiger partial charge in [0.15, 0.2) is 5.69 Å². The number of methoxy groups -OCH3 is 1. The van der Waals surface area contributed by atoms with Gasteiger partial charge < -0.3 is 13.9 Å². The molecular formula is C28H26Cl2N4O3. The number of aryl methyl sites for hydroxylation is 2. The fourth-order valence-electron chi connectivity index (χ4n) is 5.04. The summed E-state index contributed by atoms with van der Waals surface area (Å²) < 4.78 is 9.09. The van der Waals surface area contributed by atoms with Crippen LogP contribution in [-0.4, -0.2) is 27.1 Å². The summed E-state index contributed by atoms with van der Waals surface area (Å²) in [5.41, 5.74) is 3.89. The minimum absolute atomic E-state index is 0.0252. The number of amides is 1. The molecule has 0 saturated heterocycles. The van der Waals surface area contributed by atoms with Crippen LogP contribution < -0.4 is 15.2 Å². The van der Waals surface area contributed by atoms with E-state index in [9.17, 15) is 9.59 Å². The molecule has 0 radical (unpaired) electrons. The summed E-state index contributed by atoms with van der Waals surface area (Å²) in [5.74, 6) is 1.04. The highest BCUT2D eigenvalue weighted by Crippen LogP contribution is 2.46. The largest absolute Gasteiger partial charge is 0.496 e. The molecule has 1 aliphatic rings. The second-order valence-electron chi connectivity index (χ2n) is 9.37. The summed E-state index contributed by atoms with van der Waals surface area (Å²) in [6.07, 6.45) is 1.62. The van der Waals surface area contributed by atoms with Crippen molar-refractivity contribution in [2.24, 2.45) is 7.05 Å². The number of hydrogen-bond acceptors (Lipinski definition) is 4. The van der Waals surface area contributed by atoms with Gasteiger partial charge in [-0.05, 0) is 62.2 Å². The molecule has 0 bridgehead atoms. The van der Waals surface area contributed by atoms with Crippen molar-refractivity contribution >= 4 is 34.8 Å². The third-order valence-electron chi connectivity index (χ3n) is 6.68. The van der Waals surface area contributed by atoms with Crippen molar-refractivity contribution < 1.29 is 9.53 Å². The van der Waals surface area contributed by atoms with Crippen molar-refractivity contribution in [3.63, 3.8) is 0 Å². The van der Waals surface area contributed by atoms with E-state index in [0.29, 0.717) is 28.0 Å². The van der Waals surface area contributed by atoms with Crippen LogP contribution in [0.2, 0.25) is 10.0 Å². The van der Waals surface area contributed by atoms with Crippen LogP contribution in [0, 0.1) is 6.92 Å². The van der Waals surface area contributed by atoms with Gasteiger partial charge in [-0.2, -0.15) is 0 Å². The van der Waals surface area contributed by atoms with Gasteiger partial charge in [0.05, 0.1) is 24.1 Å². The molecule has 3 heterocycles. The summed E-state index contributed by atoms with van der Waals surface area (Å²) in [6.45, 7) is 6.08. The molecule has 9 heteroatoms. The molecule has 0 aliphatic carbocycles. The van der Waals surface area contributed by atoms with E-state index in [4.69, 9.17) is 32.9 Å². The molecule has 1 aliphatic heterocycles. The quantitative estimate of drug-likeness (QED) is 0.304. The maximum absolute atomic E-state index is 14.1. The topological polar surface area (TPSA) is 69.4 Å². The number of ether oxygens (including phenoxy) is 1. The Morgan fingerprint density at radius 2 is 1.78 bits per heavy atom. The number of para-hydroxylation sites is 1. The number of nitrogens with zero attached hydrogens (tertiary/aromatic N) is 4. The molecule has 1 unspecified atom stereocenters. The van der Waals surface area contributed by atoms with Gasteiger partial charge in [0.25, 0.3) is 11.5 Å². The van der Waals surface area contributed by atoms with Gasteiger partial charge in [-0.3, -0.25) is 14.5 Å². The fraction of sp³-hybridized carbons (Fsp3) is 0.250. The predicted octanol–water partition coefficient (Wildman–Crippen LogP) is 6.20. The lowest BCUT2D eigenvalue weighted by atomic mass is 9.98. The molecule has 190 valence electrons. The standard InChI is InChI=1S/C28H26Cl2N4O3/c1-15(2)33-25-23(31-26(33)20-8-6-7-9-22(20)37-5)28(36)34(18-13-21(30)27(35)32(4)14-18)24(25)19-11-10-17(29)12-16(19)3/h6-15,24H,1-5H3. The first kappa shape index (κ1) is 25.1. The van der Waals surface area contributed by atoms with E-state index in [0.717, 1.165) is 22.4 Å². The predicted molar refractivity (Wildman–Crippen MR) is 146 cm³/mol. The number of carbonyl (C=O) groups excluding carboxylic acids is 1. The van der Waals surface area contributed by atoms with Crippen LogP contribution >= 0.6 is 23.2 Å². The maximum Gasteiger partial charge on any atom is 0.279 e. The van der Waals surface area contributed by atoms with Crippen molar-refractivity contribution in [1.29, 1.82) is 0 Å². The number of benzene rings is 2. The number of halogens is 2. The number of anilines is 1.